The Morgan fingerprint density at radius 2 is 1.85 bits per heavy atom. The van der Waals surface area contributed by atoms with Crippen molar-refractivity contribution < 1.29 is 18.3 Å². The summed E-state index contributed by atoms with van der Waals surface area (Å²) in [7, 11) is 0. The first kappa shape index (κ1) is 16.5. The molecule has 2 heterocycles. The number of hydrogen-bond acceptors (Lipinski definition) is 5. The second-order valence-corrected chi connectivity index (χ2v) is 5.90. The van der Waals surface area contributed by atoms with Gasteiger partial charge in [-0.1, -0.05) is 24.3 Å². The minimum absolute atomic E-state index is 0.371. The van der Waals surface area contributed by atoms with Gasteiger partial charge in [0, 0.05) is 23.9 Å². The first-order valence-electron chi connectivity index (χ1n) is 8.38. The molecule has 0 spiro atoms. The summed E-state index contributed by atoms with van der Waals surface area (Å²) in [6, 6.07) is 12.7. The lowest BCUT2D eigenvalue weighted by atomic mass is 10.1. The summed E-state index contributed by atoms with van der Waals surface area (Å²) in [5, 5.41) is 3.84. The maximum atomic E-state index is 13.1. The molecule has 1 aromatic heterocycles. The number of halogens is 2. The zero-order chi connectivity index (χ0) is 17.9. The Morgan fingerprint density at radius 3 is 2.73 bits per heavy atom. The lowest BCUT2D eigenvalue weighted by Crippen LogP contribution is -2.07. The van der Waals surface area contributed by atoms with E-state index >= 15 is 0 Å². The second kappa shape index (κ2) is 7.11. The van der Waals surface area contributed by atoms with Crippen LogP contribution in [0.3, 0.4) is 0 Å². The van der Waals surface area contributed by atoms with E-state index in [4.69, 9.17) is 9.47 Å². The van der Waals surface area contributed by atoms with Crippen molar-refractivity contribution in [2.75, 3.05) is 18.5 Å². The smallest absolute Gasteiger partial charge is 0.297 e. The van der Waals surface area contributed by atoms with Crippen LogP contribution in [0.2, 0.25) is 0 Å². The van der Waals surface area contributed by atoms with Crippen LogP contribution in [0.4, 0.5) is 14.6 Å². The number of fused-ring (bicyclic) bond motifs is 2. The molecule has 4 rings (SSSR count). The van der Waals surface area contributed by atoms with E-state index in [0.29, 0.717) is 48.0 Å². The predicted molar refractivity (Wildman–Crippen MR) is 93.9 cm³/mol. The molecule has 0 aliphatic carbocycles. The van der Waals surface area contributed by atoms with E-state index in [2.05, 4.69) is 15.3 Å². The summed E-state index contributed by atoms with van der Waals surface area (Å²) in [5.74, 6) is 1.27. The van der Waals surface area contributed by atoms with Gasteiger partial charge in [-0.15, -0.1) is 0 Å². The number of nitrogens with zero attached hydrogens (tertiary/aromatic N) is 2. The number of para-hydroxylation sites is 2. The van der Waals surface area contributed by atoms with E-state index in [9.17, 15) is 8.78 Å². The highest BCUT2D eigenvalue weighted by Crippen LogP contribution is 2.34. The monoisotopic (exact) mass is 357 g/mol. The predicted octanol–water partition coefficient (Wildman–Crippen LogP) is 4.34. The van der Waals surface area contributed by atoms with E-state index in [0.717, 1.165) is 12.0 Å². The maximum Gasteiger partial charge on any atom is 0.297 e. The van der Waals surface area contributed by atoms with Gasteiger partial charge in [0.25, 0.3) is 6.43 Å². The zero-order valence-corrected chi connectivity index (χ0v) is 13.9. The Balaban J connectivity index is 1.66. The van der Waals surface area contributed by atoms with E-state index in [1.165, 1.54) is 0 Å². The molecular formula is C19H17F2N3O2. The largest absolute Gasteiger partial charge is 0.490 e. The van der Waals surface area contributed by atoms with Gasteiger partial charge in [-0.2, -0.15) is 0 Å². The van der Waals surface area contributed by atoms with Gasteiger partial charge in [-0.25, -0.2) is 18.7 Å². The second-order valence-electron chi connectivity index (χ2n) is 5.90. The summed E-state index contributed by atoms with van der Waals surface area (Å²) in [6.45, 7) is 1.56. The number of benzene rings is 2. The van der Waals surface area contributed by atoms with Crippen molar-refractivity contribution in [2.24, 2.45) is 0 Å². The fourth-order valence-electron chi connectivity index (χ4n) is 2.90. The van der Waals surface area contributed by atoms with Gasteiger partial charge in [0.1, 0.15) is 5.82 Å². The number of hydrogen-bond donors (Lipinski definition) is 1. The van der Waals surface area contributed by atoms with Gasteiger partial charge in [0.05, 0.1) is 18.7 Å². The van der Waals surface area contributed by atoms with Crippen molar-refractivity contribution in [1.29, 1.82) is 0 Å². The Labute approximate surface area is 149 Å². The molecule has 0 radical (unpaired) electrons. The maximum absolute atomic E-state index is 13.1. The Hall–Kier alpha value is -2.96. The molecule has 0 saturated carbocycles. The van der Waals surface area contributed by atoms with Crippen molar-refractivity contribution in [3.05, 3.63) is 53.9 Å². The third-order valence-electron chi connectivity index (χ3n) is 4.12. The molecule has 7 heteroatoms. The van der Waals surface area contributed by atoms with Gasteiger partial charge in [0.2, 0.25) is 0 Å². The van der Waals surface area contributed by atoms with Gasteiger partial charge < -0.3 is 14.8 Å². The summed E-state index contributed by atoms with van der Waals surface area (Å²) in [4.78, 5) is 7.93. The first-order chi connectivity index (χ1) is 12.7. The standard InChI is InChI=1S/C19H17F2N3O2/c20-17(21)19-23-14-7-2-1-6-13(14)18(24-19)22-11-12-5-3-8-15-16(12)26-10-4-9-25-15/h1-3,5-8,17H,4,9-11H2,(H,22,23,24). The van der Waals surface area contributed by atoms with Crippen LogP contribution in [-0.2, 0) is 6.54 Å². The summed E-state index contributed by atoms with van der Waals surface area (Å²) in [6.07, 6.45) is -1.92. The third kappa shape index (κ3) is 3.24. The average molecular weight is 357 g/mol. The molecule has 0 amide bonds. The highest BCUT2D eigenvalue weighted by molar-refractivity contribution is 5.89. The van der Waals surface area contributed by atoms with Gasteiger partial charge >= 0.3 is 0 Å². The average Bonchev–Trinajstić information content (AvgIpc) is 2.91. The van der Waals surface area contributed by atoms with Crippen LogP contribution < -0.4 is 14.8 Å². The Bertz CT molecular complexity index is 934. The highest BCUT2D eigenvalue weighted by Gasteiger charge is 2.17. The van der Waals surface area contributed by atoms with Crippen LogP contribution in [0, 0.1) is 0 Å². The SMILES string of the molecule is FC(F)c1nc(NCc2cccc3c2OCCCO3)c2ccccc2n1. The highest BCUT2D eigenvalue weighted by atomic mass is 19.3. The molecule has 0 unspecified atom stereocenters. The van der Waals surface area contributed by atoms with Crippen molar-refractivity contribution >= 4 is 16.7 Å². The van der Waals surface area contributed by atoms with Gasteiger partial charge in [-0.3, -0.25) is 0 Å². The van der Waals surface area contributed by atoms with Crippen LogP contribution in [0.25, 0.3) is 10.9 Å². The fraction of sp³-hybridized carbons (Fsp3) is 0.263. The first-order valence-corrected chi connectivity index (χ1v) is 8.38. The van der Waals surface area contributed by atoms with E-state index in [-0.39, 0.29) is 0 Å². The van der Waals surface area contributed by atoms with Crippen molar-refractivity contribution in [1.82, 2.24) is 9.97 Å². The molecule has 0 bridgehead atoms. The molecule has 5 nitrogen and oxygen atoms in total. The molecule has 1 aliphatic heterocycles. The minimum atomic E-state index is -2.73. The van der Waals surface area contributed by atoms with Crippen LogP contribution in [0.15, 0.2) is 42.5 Å². The van der Waals surface area contributed by atoms with E-state index in [1.807, 2.05) is 24.3 Å². The molecule has 26 heavy (non-hydrogen) atoms. The number of aromatic nitrogens is 2. The van der Waals surface area contributed by atoms with Gasteiger partial charge in [0.15, 0.2) is 17.3 Å². The van der Waals surface area contributed by atoms with Crippen molar-refractivity contribution in [2.45, 2.75) is 19.4 Å². The number of rotatable bonds is 4. The number of ether oxygens (including phenoxy) is 2. The molecule has 0 saturated heterocycles. The molecule has 134 valence electrons. The van der Waals surface area contributed by atoms with Crippen molar-refractivity contribution in [3.63, 3.8) is 0 Å². The van der Waals surface area contributed by atoms with Crippen LogP contribution in [0.1, 0.15) is 24.2 Å². The van der Waals surface area contributed by atoms with Crippen molar-refractivity contribution in [3.8, 4) is 11.5 Å². The third-order valence-corrected chi connectivity index (χ3v) is 4.12. The summed E-state index contributed by atoms with van der Waals surface area (Å²) < 4.78 is 37.7. The Kier molecular flexibility index (Phi) is 4.51. The Morgan fingerprint density at radius 1 is 1.00 bits per heavy atom. The zero-order valence-electron chi connectivity index (χ0n) is 13.9. The number of anilines is 1. The topological polar surface area (TPSA) is 56.3 Å². The lowest BCUT2D eigenvalue weighted by Gasteiger charge is -2.14. The van der Waals surface area contributed by atoms with Crippen LogP contribution in [0.5, 0.6) is 11.5 Å². The molecule has 0 atom stereocenters. The molecule has 1 aliphatic rings. The van der Waals surface area contributed by atoms with E-state index < -0.39 is 12.2 Å². The quantitative estimate of drug-likeness (QED) is 0.753. The molecule has 2 aromatic carbocycles. The van der Waals surface area contributed by atoms with Gasteiger partial charge in [-0.05, 0) is 18.2 Å². The summed E-state index contributed by atoms with van der Waals surface area (Å²) >= 11 is 0. The normalized spacial score (nSPS) is 13.7. The molecular weight excluding hydrogens is 340 g/mol. The molecule has 3 aromatic rings. The fourth-order valence-corrected chi connectivity index (χ4v) is 2.90. The van der Waals surface area contributed by atoms with Crippen LogP contribution >= 0.6 is 0 Å². The van der Waals surface area contributed by atoms with Crippen LogP contribution in [-0.4, -0.2) is 23.2 Å². The molecule has 0 fully saturated rings. The number of alkyl halides is 2. The molecule has 1 N–H and O–H groups in total. The lowest BCUT2D eigenvalue weighted by molar-refractivity contribution is 0.141. The number of nitrogens with one attached hydrogen (secondary N) is 1. The summed E-state index contributed by atoms with van der Waals surface area (Å²) in [5.41, 5.74) is 1.36. The van der Waals surface area contributed by atoms with E-state index in [1.54, 1.807) is 18.2 Å². The minimum Gasteiger partial charge on any atom is -0.490 e.